The highest BCUT2D eigenvalue weighted by Gasteiger charge is 2.31. The van der Waals surface area contributed by atoms with Crippen molar-refractivity contribution in [3.05, 3.63) is 58.7 Å². The Labute approximate surface area is 204 Å². The second kappa shape index (κ2) is 13.0. The van der Waals surface area contributed by atoms with Gasteiger partial charge in [-0.3, -0.25) is 0 Å². The van der Waals surface area contributed by atoms with Crippen LogP contribution in [-0.4, -0.2) is 24.2 Å². The molecule has 3 atom stereocenters. The number of carbonyl (C=O) groups is 1. The lowest BCUT2D eigenvalue weighted by atomic mass is 9.80. The van der Waals surface area contributed by atoms with E-state index in [0.29, 0.717) is 22.8 Å². The molecule has 0 aliphatic heterocycles. The van der Waals surface area contributed by atoms with Crippen molar-refractivity contribution >= 4 is 11.7 Å². The molecule has 2 aromatic carbocycles. The number of nitrogens with two attached hydrogens (primary N) is 1. The lowest BCUT2D eigenvalue weighted by Gasteiger charge is -2.40. The Morgan fingerprint density at radius 3 is 2.47 bits per heavy atom. The Hall–Kier alpha value is -3.04. The van der Waals surface area contributed by atoms with Crippen LogP contribution in [0.5, 0.6) is 5.75 Å². The fourth-order valence-electron chi connectivity index (χ4n) is 4.91. The summed E-state index contributed by atoms with van der Waals surface area (Å²) >= 11 is 0. The van der Waals surface area contributed by atoms with E-state index in [4.69, 9.17) is 10.6 Å². The summed E-state index contributed by atoms with van der Waals surface area (Å²) in [5.74, 6) is 7.03. The highest BCUT2D eigenvalue weighted by Crippen LogP contribution is 2.33. The van der Waals surface area contributed by atoms with Crippen molar-refractivity contribution in [1.82, 2.24) is 0 Å². The van der Waals surface area contributed by atoms with Crippen LogP contribution in [0, 0.1) is 23.2 Å². The highest BCUT2D eigenvalue weighted by atomic mass is 16.5. The molecule has 0 saturated heterocycles. The maximum atomic E-state index is 11.4. The number of hydrazine groups is 1. The molecule has 0 aliphatic rings. The number of rotatable bonds is 13. The first-order valence-electron chi connectivity index (χ1n) is 12.3. The van der Waals surface area contributed by atoms with E-state index in [1.54, 1.807) is 25.3 Å². The Kier molecular flexibility index (Phi) is 10.4. The van der Waals surface area contributed by atoms with Gasteiger partial charge in [0.25, 0.3) is 0 Å². The predicted octanol–water partition coefficient (Wildman–Crippen LogP) is 5.97. The summed E-state index contributed by atoms with van der Waals surface area (Å²) in [4.78, 5) is 11.4. The highest BCUT2D eigenvalue weighted by molar-refractivity contribution is 5.87. The van der Waals surface area contributed by atoms with E-state index in [1.807, 2.05) is 23.2 Å². The van der Waals surface area contributed by atoms with Gasteiger partial charge >= 0.3 is 5.97 Å². The number of nitrogens with zero attached hydrogens (tertiary/aromatic N) is 2. The Morgan fingerprint density at radius 2 is 1.91 bits per heavy atom. The van der Waals surface area contributed by atoms with Crippen molar-refractivity contribution < 1.29 is 14.6 Å². The maximum absolute atomic E-state index is 11.4. The molecule has 0 aromatic heterocycles. The second-order valence-electron chi connectivity index (χ2n) is 9.03. The Bertz CT molecular complexity index is 999. The van der Waals surface area contributed by atoms with E-state index >= 15 is 0 Å². The van der Waals surface area contributed by atoms with Gasteiger partial charge in [-0.05, 0) is 66.5 Å². The zero-order valence-electron chi connectivity index (χ0n) is 21.2. The van der Waals surface area contributed by atoms with Crippen LogP contribution in [0.4, 0.5) is 5.69 Å². The van der Waals surface area contributed by atoms with E-state index in [-0.39, 0.29) is 12.0 Å². The summed E-state index contributed by atoms with van der Waals surface area (Å²) in [6.45, 7) is 8.70. The topological polar surface area (TPSA) is 99.6 Å². The maximum Gasteiger partial charge on any atom is 0.335 e. The van der Waals surface area contributed by atoms with E-state index < -0.39 is 5.97 Å². The summed E-state index contributed by atoms with van der Waals surface area (Å²) in [5, 5.41) is 20.6. The summed E-state index contributed by atoms with van der Waals surface area (Å²) in [6.07, 6.45) is 5.94. The molecule has 3 unspecified atom stereocenters. The van der Waals surface area contributed by atoms with Gasteiger partial charge in [-0.1, -0.05) is 53.0 Å². The number of carboxylic acid groups (broad SMARTS) is 1. The van der Waals surface area contributed by atoms with Crippen molar-refractivity contribution in [2.75, 3.05) is 12.1 Å². The number of ether oxygens (including phenoxy) is 1. The number of aryl methyl sites for hydroxylation is 1. The van der Waals surface area contributed by atoms with Crippen LogP contribution in [0.2, 0.25) is 0 Å². The van der Waals surface area contributed by atoms with Gasteiger partial charge in [-0.25, -0.2) is 10.6 Å². The van der Waals surface area contributed by atoms with Gasteiger partial charge in [0, 0.05) is 6.07 Å². The lowest BCUT2D eigenvalue weighted by molar-refractivity contribution is 0.0696. The third kappa shape index (κ3) is 6.51. The van der Waals surface area contributed by atoms with Crippen LogP contribution < -0.4 is 15.6 Å². The third-order valence-electron chi connectivity index (χ3n) is 6.82. The Morgan fingerprint density at radius 1 is 1.18 bits per heavy atom. The molecule has 0 amide bonds. The zero-order chi connectivity index (χ0) is 25.3. The summed E-state index contributed by atoms with van der Waals surface area (Å²) < 4.78 is 5.42. The lowest BCUT2D eigenvalue weighted by Crippen LogP contribution is -2.50. The van der Waals surface area contributed by atoms with E-state index in [9.17, 15) is 15.2 Å². The molecule has 0 aliphatic carbocycles. The minimum Gasteiger partial charge on any atom is -0.495 e. The van der Waals surface area contributed by atoms with Crippen LogP contribution in [0.25, 0.3) is 0 Å². The van der Waals surface area contributed by atoms with Crippen LogP contribution >= 0.6 is 0 Å². The van der Waals surface area contributed by atoms with Gasteiger partial charge in [-0.15, -0.1) is 0 Å². The largest absolute Gasteiger partial charge is 0.495 e. The van der Waals surface area contributed by atoms with Crippen LogP contribution in [-0.2, 0) is 12.8 Å². The van der Waals surface area contributed by atoms with Crippen LogP contribution in [0.1, 0.15) is 80.4 Å². The molecule has 0 radical (unpaired) electrons. The first-order valence-corrected chi connectivity index (χ1v) is 12.3. The van der Waals surface area contributed by atoms with Crippen molar-refractivity contribution in [1.29, 1.82) is 5.26 Å². The SMILES string of the molecule is CCCCC(CC)C(C(C)Cc1ccc(C(=O)O)cc1CC)N(N)c1ccc(C#N)c(OC)c1. The molecule has 184 valence electrons. The minimum absolute atomic E-state index is 0.0676. The molecular formula is C28H39N3O3. The van der Waals surface area contributed by atoms with Crippen molar-refractivity contribution in [2.45, 2.75) is 72.3 Å². The average Bonchev–Trinajstić information content (AvgIpc) is 2.85. The summed E-state index contributed by atoms with van der Waals surface area (Å²) in [5.41, 5.74) is 3.86. The number of methoxy groups -OCH3 is 1. The molecule has 6 nitrogen and oxygen atoms in total. The molecule has 6 heteroatoms. The standard InChI is InChI=1S/C28H39N3O3/c1-6-9-10-20(7-2)27(31(30)25-14-13-24(18-29)26(17-25)34-5)19(4)15-22-11-12-23(28(32)33)16-21(22)8-3/h11-14,16-17,19-20,27H,6-10,15,30H2,1-5H3,(H,32,33). The Balaban J connectivity index is 2.44. The molecule has 0 spiro atoms. The number of carboxylic acids is 1. The molecule has 2 aromatic rings. The van der Waals surface area contributed by atoms with E-state index in [1.165, 1.54) is 5.56 Å². The molecule has 0 fully saturated rings. The zero-order valence-corrected chi connectivity index (χ0v) is 21.2. The molecular weight excluding hydrogens is 426 g/mol. The number of anilines is 1. The minimum atomic E-state index is -0.902. The first kappa shape index (κ1) is 27.2. The van der Waals surface area contributed by atoms with Crippen LogP contribution in [0.15, 0.2) is 36.4 Å². The summed E-state index contributed by atoms with van der Waals surface area (Å²) in [6, 6.07) is 13.1. The molecule has 3 N–H and O–H groups in total. The van der Waals surface area contributed by atoms with Gasteiger partial charge in [-0.2, -0.15) is 5.26 Å². The van der Waals surface area contributed by atoms with Gasteiger partial charge in [0.05, 0.1) is 30.0 Å². The van der Waals surface area contributed by atoms with E-state index in [0.717, 1.165) is 49.8 Å². The monoisotopic (exact) mass is 465 g/mol. The fraction of sp³-hybridized carbons (Fsp3) is 0.500. The van der Waals surface area contributed by atoms with Crippen LogP contribution in [0.3, 0.4) is 0 Å². The van der Waals surface area contributed by atoms with Gasteiger partial charge in [0.1, 0.15) is 11.8 Å². The number of unbranched alkanes of at least 4 members (excludes halogenated alkanes) is 1. The van der Waals surface area contributed by atoms with Gasteiger partial charge in [0.2, 0.25) is 0 Å². The van der Waals surface area contributed by atoms with Crippen molar-refractivity contribution in [3.63, 3.8) is 0 Å². The third-order valence-corrected chi connectivity index (χ3v) is 6.82. The molecule has 34 heavy (non-hydrogen) atoms. The second-order valence-corrected chi connectivity index (χ2v) is 9.03. The predicted molar refractivity (Wildman–Crippen MR) is 137 cm³/mol. The van der Waals surface area contributed by atoms with Gasteiger partial charge in [0.15, 0.2) is 0 Å². The van der Waals surface area contributed by atoms with Crippen molar-refractivity contribution in [2.24, 2.45) is 17.7 Å². The molecule has 0 heterocycles. The molecule has 2 rings (SSSR count). The van der Waals surface area contributed by atoms with Crippen molar-refractivity contribution in [3.8, 4) is 11.8 Å². The number of hydrogen-bond acceptors (Lipinski definition) is 5. The van der Waals surface area contributed by atoms with E-state index in [2.05, 4.69) is 33.8 Å². The number of hydrogen-bond donors (Lipinski definition) is 2. The quantitative estimate of drug-likeness (QED) is 0.279. The first-order chi connectivity index (χ1) is 16.3. The number of benzene rings is 2. The normalized spacial score (nSPS) is 13.6. The summed E-state index contributed by atoms with van der Waals surface area (Å²) in [7, 11) is 1.56. The number of nitriles is 1. The molecule has 0 bridgehead atoms. The number of aromatic carboxylic acids is 1. The van der Waals surface area contributed by atoms with Gasteiger partial charge < -0.3 is 14.9 Å². The molecule has 0 saturated carbocycles. The fourth-order valence-corrected chi connectivity index (χ4v) is 4.91. The average molecular weight is 466 g/mol. The smallest absolute Gasteiger partial charge is 0.335 e.